The van der Waals surface area contributed by atoms with Crippen LogP contribution in [0.25, 0.3) is 23.0 Å². The molecular weight excluding hydrogens is 501 g/mol. The molecule has 0 aliphatic carbocycles. The highest BCUT2D eigenvalue weighted by atomic mass is 35.5. The lowest BCUT2D eigenvalue weighted by Gasteiger charge is -2.06. The van der Waals surface area contributed by atoms with Crippen molar-refractivity contribution in [3.05, 3.63) is 143 Å². The summed E-state index contributed by atoms with van der Waals surface area (Å²) in [5.74, 6) is -1.06. The van der Waals surface area contributed by atoms with Crippen LogP contribution in [0.2, 0.25) is 5.02 Å². The lowest BCUT2D eigenvalue weighted by molar-refractivity contribution is 0.102. The first-order valence-corrected chi connectivity index (χ1v) is 12.1. The van der Waals surface area contributed by atoms with Crippen LogP contribution in [0.5, 0.6) is 0 Å². The average molecular weight is 522 g/mol. The van der Waals surface area contributed by atoms with Gasteiger partial charge in [-0.1, -0.05) is 54.1 Å². The number of nitrogens with zero attached hydrogens (tertiary/aromatic N) is 2. The molecule has 1 N–H and O–H groups in total. The van der Waals surface area contributed by atoms with Crippen LogP contribution in [-0.2, 0) is 0 Å². The molecule has 5 aromatic rings. The number of anilines is 1. The van der Waals surface area contributed by atoms with Crippen LogP contribution in [0, 0.1) is 5.82 Å². The quantitative estimate of drug-likeness (QED) is 0.178. The van der Waals surface area contributed by atoms with Crippen molar-refractivity contribution in [2.45, 2.75) is 0 Å². The summed E-state index contributed by atoms with van der Waals surface area (Å²) in [5.41, 5.74) is 4.38. The molecular formula is C31H21ClFN3O2. The van der Waals surface area contributed by atoms with Crippen LogP contribution in [0.4, 0.5) is 10.1 Å². The van der Waals surface area contributed by atoms with Crippen molar-refractivity contribution in [2.75, 3.05) is 5.32 Å². The monoisotopic (exact) mass is 521 g/mol. The molecule has 0 aliphatic heterocycles. The Labute approximate surface area is 223 Å². The zero-order chi connectivity index (χ0) is 26.5. The van der Waals surface area contributed by atoms with Crippen LogP contribution in [0.15, 0.2) is 115 Å². The van der Waals surface area contributed by atoms with Crippen LogP contribution >= 0.6 is 11.6 Å². The molecule has 1 aromatic heterocycles. The maximum atomic E-state index is 13.2. The Bertz CT molecular complexity index is 1630. The molecule has 7 heteroatoms. The van der Waals surface area contributed by atoms with E-state index >= 15 is 0 Å². The molecule has 0 unspecified atom stereocenters. The lowest BCUT2D eigenvalue weighted by Crippen LogP contribution is -2.12. The minimum atomic E-state index is -0.422. The lowest BCUT2D eigenvalue weighted by atomic mass is 10.1. The zero-order valence-corrected chi connectivity index (χ0v) is 20.8. The number of rotatable bonds is 7. The summed E-state index contributed by atoms with van der Waals surface area (Å²) in [4.78, 5) is 25.5. The number of hydrogen-bond donors (Lipinski definition) is 1. The van der Waals surface area contributed by atoms with Crippen LogP contribution < -0.4 is 5.32 Å². The summed E-state index contributed by atoms with van der Waals surface area (Å²) in [7, 11) is 0. The average Bonchev–Trinajstić information content (AvgIpc) is 3.37. The summed E-state index contributed by atoms with van der Waals surface area (Å²) >= 11 is 6.07. The Kier molecular flexibility index (Phi) is 7.24. The van der Waals surface area contributed by atoms with Gasteiger partial charge in [-0.2, -0.15) is 5.10 Å². The van der Waals surface area contributed by atoms with Gasteiger partial charge in [0.05, 0.1) is 11.4 Å². The van der Waals surface area contributed by atoms with Crippen molar-refractivity contribution in [1.29, 1.82) is 0 Å². The van der Waals surface area contributed by atoms with E-state index in [2.05, 4.69) is 5.32 Å². The molecule has 1 heterocycles. The Hall–Kier alpha value is -4.81. The van der Waals surface area contributed by atoms with E-state index in [4.69, 9.17) is 16.7 Å². The molecule has 0 saturated heterocycles. The van der Waals surface area contributed by atoms with Gasteiger partial charge in [0.15, 0.2) is 5.78 Å². The second-order valence-electron chi connectivity index (χ2n) is 8.46. The van der Waals surface area contributed by atoms with Crippen molar-refractivity contribution in [1.82, 2.24) is 9.78 Å². The number of halogens is 2. The third-order valence-electron chi connectivity index (χ3n) is 5.81. The molecule has 0 fully saturated rings. The molecule has 4 aromatic carbocycles. The van der Waals surface area contributed by atoms with E-state index in [9.17, 15) is 14.0 Å². The number of hydrogen-bond acceptors (Lipinski definition) is 3. The Morgan fingerprint density at radius 3 is 2.32 bits per heavy atom. The standard InChI is InChI=1S/C31H21ClFN3O2/c32-25-14-9-21(10-15-25)30-24(20-36(35-30)28-7-2-1-3-8-28)13-18-29(37)23-5-4-6-27(19-23)34-31(38)22-11-16-26(33)17-12-22/h1-20H,(H,34,38)/b18-13+. The number of ketones is 1. The van der Waals surface area contributed by atoms with Crippen LogP contribution in [-0.4, -0.2) is 21.5 Å². The van der Waals surface area contributed by atoms with Crippen LogP contribution in [0.1, 0.15) is 26.3 Å². The number of carbonyl (C=O) groups excluding carboxylic acids is 2. The highest BCUT2D eigenvalue weighted by Gasteiger charge is 2.12. The molecule has 0 bridgehead atoms. The third kappa shape index (κ3) is 5.77. The van der Waals surface area contributed by atoms with Crippen molar-refractivity contribution in [3.8, 4) is 16.9 Å². The summed E-state index contributed by atoms with van der Waals surface area (Å²) < 4.78 is 14.9. The van der Waals surface area contributed by atoms with E-state index < -0.39 is 11.7 Å². The van der Waals surface area contributed by atoms with Crippen LogP contribution in [0.3, 0.4) is 0 Å². The molecule has 5 nitrogen and oxygen atoms in total. The largest absolute Gasteiger partial charge is 0.322 e. The fourth-order valence-electron chi connectivity index (χ4n) is 3.87. The minimum Gasteiger partial charge on any atom is -0.322 e. The Balaban J connectivity index is 1.39. The maximum Gasteiger partial charge on any atom is 0.255 e. The SMILES string of the molecule is O=C(/C=C/c1cn(-c2ccccc2)nc1-c1ccc(Cl)cc1)c1cccc(NC(=O)c2ccc(F)cc2)c1. The summed E-state index contributed by atoms with van der Waals surface area (Å²) in [6.45, 7) is 0. The Morgan fingerprint density at radius 2 is 1.58 bits per heavy atom. The van der Waals surface area contributed by atoms with Gasteiger partial charge >= 0.3 is 0 Å². The van der Waals surface area contributed by atoms with Crippen molar-refractivity contribution in [3.63, 3.8) is 0 Å². The number of aromatic nitrogens is 2. The van der Waals surface area contributed by atoms with E-state index in [1.54, 1.807) is 47.2 Å². The van der Waals surface area contributed by atoms with Crippen molar-refractivity contribution < 1.29 is 14.0 Å². The first-order chi connectivity index (χ1) is 18.5. The molecule has 0 aliphatic rings. The van der Waals surface area contributed by atoms with Gasteiger partial charge in [0.25, 0.3) is 5.91 Å². The Morgan fingerprint density at radius 1 is 0.842 bits per heavy atom. The van der Waals surface area contributed by atoms with E-state index in [0.29, 0.717) is 27.5 Å². The maximum absolute atomic E-state index is 13.2. The molecule has 38 heavy (non-hydrogen) atoms. The molecule has 0 radical (unpaired) electrons. The fraction of sp³-hybridized carbons (Fsp3) is 0. The van der Waals surface area contributed by atoms with Crippen molar-refractivity contribution in [2.24, 2.45) is 0 Å². The second-order valence-corrected chi connectivity index (χ2v) is 8.90. The summed E-state index contributed by atoms with van der Waals surface area (Å²) in [5, 5.41) is 8.11. The fourth-order valence-corrected chi connectivity index (χ4v) is 4.00. The van der Waals surface area contributed by atoms with Gasteiger partial charge in [0.1, 0.15) is 5.82 Å². The van der Waals surface area contributed by atoms with Crippen molar-refractivity contribution >= 4 is 35.1 Å². The normalized spacial score (nSPS) is 11.0. The number of benzene rings is 4. The highest BCUT2D eigenvalue weighted by Crippen LogP contribution is 2.26. The summed E-state index contributed by atoms with van der Waals surface area (Å²) in [6.07, 6.45) is 5.07. The second kappa shape index (κ2) is 11.1. The summed E-state index contributed by atoms with van der Waals surface area (Å²) in [6, 6.07) is 28.9. The third-order valence-corrected chi connectivity index (χ3v) is 6.06. The zero-order valence-electron chi connectivity index (χ0n) is 20.0. The van der Waals surface area contributed by atoms with Gasteiger partial charge in [-0.15, -0.1) is 0 Å². The van der Waals surface area contributed by atoms with Gasteiger partial charge in [0, 0.05) is 39.2 Å². The molecule has 5 rings (SSSR count). The predicted molar refractivity (Wildman–Crippen MR) is 148 cm³/mol. The molecule has 0 atom stereocenters. The smallest absolute Gasteiger partial charge is 0.255 e. The molecule has 1 amide bonds. The number of para-hydroxylation sites is 1. The molecule has 186 valence electrons. The van der Waals surface area contributed by atoms with E-state index in [0.717, 1.165) is 16.8 Å². The van der Waals surface area contributed by atoms with Gasteiger partial charge in [-0.05, 0) is 72.8 Å². The number of carbonyl (C=O) groups is 2. The molecule has 0 saturated carbocycles. The first kappa shape index (κ1) is 24.9. The highest BCUT2D eigenvalue weighted by molar-refractivity contribution is 6.30. The van der Waals surface area contributed by atoms with Gasteiger partial charge in [0.2, 0.25) is 0 Å². The molecule has 0 spiro atoms. The van der Waals surface area contributed by atoms with E-state index in [1.165, 1.54) is 30.3 Å². The minimum absolute atomic E-state index is 0.239. The van der Waals surface area contributed by atoms with Gasteiger partial charge in [-0.25, -0.2) is 9.07 Å². The van der Waals surface area contributed by atoms with E-state index in [1.807, 2.05) is 48.7 Å². The predicted octanol–water partition coefficient (Wildman–Crippen LogP) is 7.48. The topological polar surface area (TPSA) is 64.0 Å². The first-order valence-electron chi connectivity index (χ1n) is 11.8. The number of amides is 1. The van der Waals surface area contributed by atoms with E-state index in [-0.39, 0.29) is 5.78 Å². The van der Waals surface area contributed by atoms with Gasteiger partial charge < -0.3 is 5.32 Å². The number of nitrogens with one attached hydrogen (secondary N) is 1. The number of allylic oxidation sites excluding steroid dienone is 1. The van der Waals surface area contributed by atoms with Gasteiger partial charge in [-0.3, -0.25) is 9.59 Å².